The van der Waals surface area contributed by atoms with Crippen molar-refractivity contribution in [3.63, 3.8) is 0 Å². The van der Waals surface area contributed by atoms with E-state index in [1.165, 1.54) is 6.33 Å². The van der Waals surface area contributed by atoms with Crippen molar-refractivity contribution in [2.24, 2.45) is 0 Å². The number of nitrogens with two attached hydrogens (primary N) is 1. The van der Waals surface area contributed by atoms with Crippen molar-refractivity contribution < 1.29 is 82.9 Å². The number of aromatic nitrogens is 4. The van der Waals surface area contributed by atoms with Gasteiger partial charge in [0.15, 0.2) is 11.5 Å². The van der Waals surface area contributed by atoms with Crippen molar-refractivity contribution in [1.29, 1.82) is 0 Å². The molecule has 0 aromatic carbocycles. The summed E-state index contributed by atoms with van der Waals surface area (Å²) in [6.45, 7) is 0.164. The van der Waals surface area contributed by atoms with Crippen molar-refractivity contribution in [2.75, 3.05) is 25.1 Å². The second-order valence-corrected chi connectivity index (χ2v) is 6.60. The summed E-state index contributed by atoms with van der Waals surface area (Å²) in [6, 6.07) is 0. The van der Waals surface area contributed by atoms with E-state index in [4.69, 9.17) is 15.2 Å². The van der Waals surface area contributed by atoms with Gasteiger partial charge in [-0.25, -0.2) is 15.0 Å². The molecule has 0 aliphatic carbocycles. The Bertz CT molecular complexity index is 726. The van der Waals surface area contributed by atoms with Crippen LogP contribution in [-0.2, 0) is 14.0 Å². The zero-order valence-electron chi connectivity index (χ0n) is 13.5. The second-order valence-electron chi connectivity index (χ2n) is 4.93. The molecule has 1 fully saturated rings. The van der Waals surface area contributed by atoms with E-state index in [-0.39, 0.29) is 83.9 Å². The minimum Gasteiger partial charge on any atom is -0.811 e. The first-order valence-corrected chi connectivity index (χ1v) is 8.34. The van der Waals surface area contributed by atoms with Gasteiger partial charge in [0.05, 0.1) is 25.6 Å². The van der Waals surface area contributed by atoms with Crippen LogP contribution in [0.3, 0.4) is 0 Å². The number of nitrogens with zero attached hydrogens (tertiary/aromatic N) is 4. The first-order valence-electron chi connectivity index (χ1n) is 6.61. The Kier molecular flexibility index (Phi) is 8.78. The molecule has 3 rings (SSSR count). The van der Waals surface area contributed by atoms with Gasteiger partial charge in [0.25, 0.3) is 0 Å². The Morgan fingerprint density at radius 2 is 2.12 bits per heavy atom. The summed E-state index contributed by atoms with van der Waals surface area (Å²) in [4.78, 5) is 33.3. The molecule has 2 aromatic rings. The van der Waals surface area contributed by atoms with Crippen LogP contribution < -0.4 is 74.6 Å². The largest absolute Gasteiger partial charge is 1.00 e. The molecule has 10 nitrogen and oxygen atoms in total. The summed E-state index contributed by atoms with van der Waals surface area (Å²) in [5, 5.41) is 0. The number of hydrogen-bond acceptors (Lipinski definition) is 9. The smallest absolute Gasteiger partial charge is 0.811 e. The van der Waals surface area contributed by atoms with Gasteiger partial charge < -0.3 is 29.6 Å². The van der Waals surface area contributed by atoms with Crippen LogP contribution in [-0.4, -0.2) is 45.0 Å². The van der Waals surface area contributed by atoms with Gasteiger partial charge in [-0.05, 0) is 6.16 Å². The molecule has 1 aliphatic heterocycles. The molecule has 0 amide bonds. The third-order valence-electron chi connectivity index (χ3n) is 3.36. The minimum absolute atomic E-state index is 0. The molecule has 13 heteroatoms. The summed E-state index contributed by atoms with van der Waals surface area (Å²) in [5.74, 6) is 0.288. The molecular weight excluding hydrogens is 359 g/mol. The standard InChI is InChI=1S/C11H16N5O5P.2Na/c12-10-9-11(14-5-13-10)16(6-15-9)8-3-7(4-21-8)20-1-2-22(17,18)19;;/h5-8H,1-4H2,(H2,12,13,14)(H2,17,18,19);;/q;2*+1/p-2/t7-,8-;;/m1../s1. The van der Waals surface area contributed by atoms with E-state index >= 15 is 0 Å². The monoisotopic (exact) mass is 373 g/mol. The fourth-order valence-electron chi connectivity index (χ4n) is 2.30. The van der Waals surface area contributed by atoms with E-state index in [1.54, 1.807) is 10.9 Å². The summed E-state index contributed by atoms with van der Waals surface area (Å²) < 4.78 is 23.2. The molecule has 0 radical (unpaired) electrons. The van der Waals surface area contributed by atoms with E-state index in [9.17, 15) is 14.4 Å². The van der Waals surface area contributed by atoms with Crippen LogP contribution in [0.1, 0.15) is 12.6 Å². The first-order chi connectivity index (χ1) is 10.4. The van der Waals surface area contributed by atoms with E-state index < -0.39 is 13.8 Å². The second kappa shape index (κ2) is 9.38. The molecule has 1 saturated heterocycles. The average molecular weight is 373 g/mol. The average Bonchev–Trinajstić information content (AvgIpc) is 3.04. The predicted molar refractivity (Wildman–Crippen MR) is 71.6 cm³/mol. The normalized spacial score (nSPS) is 20.6. The molecule has 2 atom stereocenters. The third kappa shape index (κ3) is 5.46. The number of imidazole rings is 1. The van der Waals surface area contributed by atoms with Crippen molar-refractivity contribution in [3.8, 4) is 0 Å². The molecule has 0 bridgehead atoms. The van der Waals surface area contributed by atoms with Gasteiger partial charge in [-0.15, -0.1) is 0 Å². The Labute approximate surface area is 182 Å². The first kappa shape index (κ1) is 22.5. The van der Waals surface area contributed by atoms with Gasteiger partial charge in [-0.2, -0.15) is 0 Å². The quantitative estimate of drug-likeness (QED) is 0.398. The van der Waals surface area contributed by atoms with Crippen LogP contribution in [0.2, 0.25) is 0 Å². The Balaban J connectivity index is 0.00000144. The maximum atomic E-state index is 10.6. The van der Waals surface area contributed by atoms with Crippen molar-refractivity contribution in [3.05, 3.63) is 12.7 Å². The van der Waals surface area contributed by atoms with E-state index in [0.717, 1.165) is 0 Å². The fourth-order valence-corrected chi connectivity index (χ4v) is 2.63. The van der Waals surface area contributed by atoms with Gasteiger partial charge in [0.1, 0.15) is 18.1 Å². The maximum absolute atomic E-state index is 10.6. The van der Waals surface area contributed by atoms with Crippen LogP contribution in [0.5, 0.6) is 0 Å². The van der Waals surface area contributed by atoms with Crippen LogP contribution in [0.25, 0.3) is 11.2 Å². The van der Waals surface area contributed by atoms with Crippen molar-refractivity contribution in [1.82, 2.24) is 19.5 Å². The van der Waals surface area contributed by atoms with Gasteiger partial charge in [0.2, 0.25) is 0 Å². The molecule has 120 valence electrons. The van der Waals surface area contributed by atoms with Gasteiger partial charge in [-0.3, -0.25) is 4.57 Å². The summed E-state index contributed by atoms with van der Waals surface area (Å²) in [6.07, 6.45) is 2.26. The van der Waals surface area contributed by atoms with Crippen LogP contribution >= 0.6 is 7.60 Å². The molecular formula is C11H14N5Na2O5P. The molecule has 2 aromatic heterocycles. The van der Waals surface area contributed by atoms with Crippen LogP contribution in [0, 0.1) is 0 Å². The minimum atomic E-state index is -4.54. The molecule has 24 heavy (non-hydrogen) atoms. The summed E-state index contributed by atoms with van der Waals surface area (Å²) in [5.41, 5.74) is 6.78. The van der Waals surface area contributed by atoms with Crippen molar-refractivity contribution in [2.45, 2.75) is 18.8 Å². The predicted octanol–water partition coefficient (Wildman–Crippen LogP) is -7.37. The summed E-state index contributed by atoms with van der Waals surface area (Å²) in [7, 11) is -4.54. The Morgan fingerprint density at radius 1 is 1.38 bits per heavy atom. The zero-order valence-corrected chi connectivity index (χ0v) is 18.4. The SMILES string of the molecule is Nc1ncnc2c1ncn2[C@H]1C[C@@H](OCCP(=O)([O-])[O-])CO1.[Na+].[Na+]. The zero-order chi connectivity index (χ0) is 15.7. The number of hydrogen-bond donors (Lipinski definition) is 1. The number of ether oxygens (including phenoxy) is 2. The maximum Gasteiger partial charge on any atom is 1.00 e. The van der Waals surface area contributed by atoms with E-state index in [1.807, 2.05) is 0 Å². The molecule has 0 unspecified atom stereocenters. The van der Waals surface area contributed by atoms with Gasteiger partial charge in [0, 0.05) is 6.42 Å². The number of fused-ring (bicyclic) bond motifs is 1. The molecule has 3 heterocycles. The van der Waals surface area contributed by atoms with E-state index in [2.05, 4.69) is 15.0 Å². The van der Waals surface area contributed by atoms with Gasteiger partial charge >= 0.3 is 59.1 Å². The molecule has 0 saturated carbocycles. The van der Waals surface area contributed by atoms with Crippen LogP contribution in [0.4, 0.5) is 5.82 Å². The Hall–Kier alpha value is 0.420. The van der Waals surface area contributed by atoms with E-state index in [0.29, 0.717) is 24.2 Å². The number of rotatable bonds is 5. The number of anilines is 1. The molecule has 2 N–H and O–H groups in total. The Morgan fingerprint density at radius 3 is 2.83 bits per heavy atom. The van der Waals surface area contributed by atoms with Crippen LogP contribution in [0.15, 0.2) is 12.7 Å². The topological polar surface area (TPSA) is 151 Å². The summed E-state index contributed by atoms with van der Waals surface area (Å²) >= 11 is 0. The number of nitrogen functional groups attached to an aromatic ring is 1. The molecule has 1 aliphatic rings. The fraction of sp³-hybridized carbons (Fsp3) is 0.545. The third-order valence-corrected chi connectivity index (χ3v) is 4.09. The van der Waals surface area contributed by atoms with Crippen molar-refractivity contribution >= 4 is 24.6 Å². The molecule has 0 spiro atoms. The van der Waals surface area contributed by atoms with Gasteiger partial charge in [-0.1, -0.05) is 7.60 Å².